The van der Waals surface area contributed by atoms with Crippen LogP contribution in [0.3, 0.4) is 0 Å². The number of allylic oxidation sites excluding steroid dienone is 1. The van der Waals surface area contributed by atoms with Gasteiger partial charge in [-0.15, -0.1) is 6.58 Å². The summed E-state index contributed by atoms with van der Waals surface area (Å²) < 4.78 is 5.20. The van der Waals surface area contributed by atoms with Gasteiger partial charge < -0.3 is 9.64 Å². The molecule has 2 unspecified atom stereocenters. The molecule has 3 nitrogen and oxygen atoms in total. The number of hydrogen-bond donors (Lipinski definition) is 0. The third kappa shape index (κ3) is 2.58. The number of nitrogens with zero attached hydrogens (tertiary/aromatic N) is 1. The summed E-state index contributed by atoms with van der Waals surface area (Å²) in [4.78, 5) is 13.8. The molecule has 0 aromatic carbocycles. The molecule has 1 aliphatic heterocycles. The van der Waals surface area contributed by atoms with Crippen molar-refractivity contribution >= 4 is 5.91 Å². The Balaban J connectivity index is 2.49. The highest BCUT2D eigenvalue weighted by molar-refractivity contribution is 5.79. The number of carbonyl (C=O) groups excluding carboxylic acids is 1. The lowest BCUT2D eigenvalue weighted by Crippen LogP contribution is -2.44. The first kappa shape index (κ1) is 11.2. The van der Waals surface area contributed by atoms with Gasteiger partial charge in [0.15, 0.2) is 0 Å². The minimum absolute atomic E-state index is 0.0330. The summed E-state index contributed by atoms with van der Waals surface area (Å²) in [6, 6.07) is 0. The Morgan fingerprint density at radius 3 is 2.50 bits per heavy atom. The van der Waals surface area contributed by atoms with E-state index < -0.39 is 0 Å². The van der Waals surface area contributed by atoms with Crippen LogP contribution in [0.1, 0.15) is 13.8 Å². The fourth-order valence-electron chi connectivity index (χ4n) is 1.50. The number of carbonyl (C=O) groups is 1. The monoisotopic (exact) mass is 197 g/mol. The van der Waals surface area contributed by atoms with Crippen LogP contribution in [-0.4, -0.2) is 37.1 Å². The number of hydrogen-bond acceptors (Lipinski definition) is 2. The zero-order valence-corrected chi connectivity index (χ0v) is 9.03. The first-order chi connectivity index (χ1) is 6.66. The molecule has 0 aromatic heterocycles. The molecule has 14 heavy (non-hydrogen) atoms. The molecule has 80 valence electrons. The summed E-state index contributed by atoms with van der Waals surface area (Å²) in [6.45, 7) is 10.5. The van der Waals surface area contributed by atoms with Crippen molar-refractivity contribution in [1.29, 1.82) is 0 Å². The molecule has 0 radical (unpaired) electrons. The maximum Gasteiger partial charge on any atom is 0.226 e. The number of amides is 1. The first-order valence-corrected chi connectivity index (χ1v) is 5.16. The summed E-state index contributed by atoms with van der Waals surface area (Å²) in [7, 11) is 0. The van der Waals surface area contributed by atoms with E-state index in [9.17, 15) is 4.79 Å². The van der Waals surface area contributed by atoms with Crippen LogP contribution in [0.4, 0.5) is 0 Å². The van der Waals surface area contributed by atoms with Gasteiger partial charge in [-0.25, -0.2) is 0 Å². The van der Waals surface area contributed by atoms with Crippen LogP contribution in [0.25, 0.3) is 0 Å². The first-order valence-electron chi connectivity index (χ1n) is 5.16. The fraction of sp³-hybridized carbons (Fsp3) is 0.727. The van der Waals surface area contributed by atoms with Gasteiger partial charge in [0, 0.05) is 19.0 Å². The lowest BCUT2D eigenvalue weighted by molar-refractivity contribution is -0.140. The Morgan fingerprint density at radius 1 is 1.43 bits per heavy atom. The highest BCUT2D eigenvalue weighted by atomic mass is 16.5. The molecule has 1 heterocycles. The van der Waals surface area contributed by atoms with Crippen molar-refractivity contribution in [1.82, 2.24) is 4.90 Å². The van der Waals surface area contributed by atoms with Crippen LogP contribution >= 0.6 is 0 Å². The summed E-state index contributed by atoms with van der Waals surface area (Å²) >= 11 is 0. The third-order valence-electron chi connectivity index (χ3n) is 2.87. The Bertz CT molecular complexity index is 209. The maximum absolute atomic E-state index is 11.9. The van der Waals surface area contributed by atoms with E-state index >= 15 is 0 Å². The average molecular weight is 197 g/mol. The van der Waals surface area contributed by atoms with Crippen molar-refractivity contribution in [3.63, 3.8) is 0 Å². The molecule has 1 saturated heterocycles. The fourth-order valence-corrected chi connectivity index (χ4v) is 1.50. The predicted molar refractivity (Wildman–Crippen MR) is 55.9 cm³/mol. The van der Waals surface area contributed by atoms with Crippen molar-refractivity contribution in [3.8, 4) is 0 Å². The zero-order chi connectivity index (χ0) is 10.6. The molecule has 0 spiro atoms. The van der Waals surface area contributed by atoms with Gasteiger partial charge in [-0.2, -0.15) is 0 Å². The Morgan fingerprint density at radius 2 is 2.00 bits per heavy atom. The van der Waals surface area contributed by atoms with Crippen molar-refractivity contribution in [2.45, 2.75) is 13.8 Å². The second-order valence-electron chi connectivity index (χ2n) is 3.82. The van der Waals surface area contributed by atoms with Crippen molar-refractivity contribution in [2.75, 3.05) is 26.3 Å². The highest BCUT2D eigenvalue weighted by Gasteiger charge is 2.24. The molecule has 0 aliphatic carbocycles. The quantitative estimate of drug-likeness (QED) is 0.638. The maximum atomic E-state index is 11.9. The normalized spacial score (nSPS) is 21.4. The predicted octanol–water partition coefficient (Wildman–Crippen LogP) is 1.30. The molecule has 0 N–H and O–H groups in total. The van der Waals surface area contributed by atoms with Gasteiger partial charge in [-0.1, -0.05) is 19.9 Å². The van der Waals surface area contributed by atoms with Gasteiger partial charge in [0.1, 0.15) is 0 Å². The molecular formula is C11H19NO2. The van der Waals surface area contributed by atoms with Gasteiger partial charge >= 0.3 is 0 Å². The smallest absolute Gasteiger partial charge is 0.226 e. The minimum Gasteiger partial charge on any atom is -0.378 e. The van der Waals surface area contributed by atoms with Gasteiger partial charge in [0.25, 0.3) is 0 Å². The molecule has 1 rings (SSSR count). The van der Waals surface area contributed by atoms with E-state index in [-0.39, 0.29) is 17.7 Å². The van der Waals surface area contributed by atoms with Gasteiger partial charge in [-0.05, 0) is 5.92 Å². The lowest BCUT2D eigenvalue weighted by Gasteiger charge is -2.30. The van der Waals surface area contributed by atoms with E-state index in [2.05, 4.69) is 6.58 Å². The molecule has 0 bridgehead atoms. The highest BCUT2D eigenvalue weighted by Crippen LogP contribution is 2.15. The van der Waals surface area contributed by atoms with Crippen LogP contribution in [0.15, 0.2) is 12.7 Å². The van der Waals surface area contributed by atoms with Gasteiger partial charge in [-0.3, -0.25) is 4.79 Å². The van der Waals surface area contributed by atoms with E-state index in [4.69, 9.17) is 4.74 Å². The molecule has 1 fully saturated rings. The second kappa shape index (κ2) is 5.15. The molecular weight excluding hydrogens is 178 g/mol. The Hall–Kier alpha value is -0.830. The summed E-state index contributed by atoms with van der Waals surface area (Å²) in [5.74, 6) is 0.497. The topological polar surface area (TPSA) is 29.5 Å². The van der Waals surface area contributed by atoms with Crippen LogP contribution in [0.2, 0.25) is 0 Å². The molecule has 0 saturated carbocycles. The molecule has 2 atom stereocenters. The summed E-state index contributed by atoms with van der Waals surface area (Å²) in [5, 5.41) is 0. The average Bonchev–Trinajstić information content (AvgIpc) is 2.27. The van der Waals surface area contributed by atoms with Crippen molar-refractivity contribution in [3.05, 3.63) is 12.7 Å². The molecule has 0 aromatic rings. The minimum atomic E-state index is 0.0330. The van der Waals surface area contributed by atoms with Crippen molar-refractivity contribution < 1.29 is 9.53 Å². The standard InChI is InChI=1S/C11H19NO2/c1-4-9(2)10(3)11(13)12-5-7-14-8-6-12/h4,9-10H,1,5-8H2,2-3H3. The second-order valence-corrected chi connectivity index (χ2v) is 3.82. The zero-order valence-electron chi connectivity index (χ0n) is 9.03. The van der Waals surface area contributed by atoms with Gasteiger partial charge in [0.2, 0.25) is 5.91 Å². The van der Waals surface area contributed by atoms with Crippen LogP contribution in [0, 0.1) is 11.8 Å². The third-order valence-corrected chi connectivity index (χ3v) is 2.87. The van der Waals surface area contributed by atoms with E-state index in [1.54, 1.807) is 0 Å². The number of rotatable bonds is 3. The largest absolute Gasteiger partial charge is 0.378 e. The van der Waals surface area contributed by atoms with E-state index in [0.29, 0.717) is 13.2 Å². The van der Waals surface area contributed by atoms with E-state index in [1.165, 1.54) is 0 Å². The Kier molecular flexibility index (Phi) is 4.14. The Labute approximate surface area is 85.7 Å². The van der Waals surface area contributed by atoms with E-state index in [1.807, 2.05) is 24.8 Å². The van der Waals surface area contributed by atoms with Crippen LogP contribution < -0.4 is 0 Å². The number of ether oxygens (including phenoxy) is 1. The van der Waals surface area contributed by atoms with Crippen LogP contribution in [0.5, 0.6) is 0 Å². The van der Waals surface area contributed by atoms with Gasteiger partial charge in [0.05, 0.1) is 13.2 Å². The summed E-state index contributed by atoms with van der Waals surface area (Å²) in [5.41, 5.74) is 0. The van der Waals surface area contributed by atoms with Crippen molar-refractivity contribution in [2.24, 2.45) is 11.8 Å². The molecule has 1 aliphatic rings. The van der Waals surface area contributed by atoms with Crippen LogP contribution in [-0.2, 0) is 9.53 Å². The number of morpholine rings is 1. The molecule has 1 amide bonds. The molecule has 3 heteroatoms. The summed E-state index contributed by atoms with van der Waals surface area (Å²) in [6.07, 6.45) is 1.84. The van der Waals surface area contributed by atoms with E-state index in [0.717, 1.165) is 13.1 Å². The SMILES string of the molecule is C=CC(C)C(C)C(=O)N1CCOCC1. The lowest BCUT2D eigenvalue weighted by atomic mass is 9.94.